The molecule has 0 bridgehead atoms. The van der Waals surface area contributed by atoms with E-state index in [1.807, 2.05) is 0 Å². The smallest absolute Gasteiger partial charge is 0.150 e. The molecule has 0 saturated carbocycles. The first-order valence-electron chi connectivity index (χ1n) is 4.36. The zero-order valence-corrected chi connectivity index (χ0v) is 10.9. The summed E-state index contributed by atoms with van der Waals surface area (Å²) in [5, 5.41) is 1.23. The molecule has 0 spiro atoms. The van der Waals surface area contributed by atoms with Crippen LogP contribution in [0.2, 0.25) is 0 Å². The first kappa shape index (κ1) is 13.1. The lowest BCUT2D eigenvalue weighted by molar-refractivity contribution is 0.468. The normalized spacial score (nSPS) is 13.1. The van der Waals surface area contributed by atoms with Crippen LogP contribution in [0.4, 0.5) is 0 Å². The van der Waals surface area contributed by atoms with Crippen molar-refractivity contribution in [2.45, 2.75) is 6.92 Å². The fourth-order valence-electron chi connectivity index (χ4n) is 2.10. The minimum absolute atomic E-state index is 1.23. The maximum atomic E-state index is 4.12. The summed E-state index contributed by atoms with van der Waals surface area (Å²) in [7, 11) is 11.2. The van der Waals surface area contributed by atoms with Crippen LogP contribution in [0, 0.1) is 0 Å². The van der Waals surface area contributed by atoms with E-state index in [0.717, 1.165) is 0 Å². The summed E-state index contributed by atoms with van der Waals surface area (Å²) >= 11 is 0. The molecule has 0 saturated heterocycles. The van der Waals surface area contributed by atoms with Crippen LogP contribution in [0.1, 0.15) is 6.92 Å². The van der Waals surface area contributed by atoms with E-state index in [-0.39, 0.29) is 0 Å². The monoisotopic (exact) mass is 204 g/mol. The number of hydrogen-bond acceptors (Lipinski definition) is 3. The average Bonchev–Trinajstić information content (AvgIpc) is 1.82. The molecule has 0 N–H and O–H groups in total. The van der Waals surface area contributed by atoms with Gasteiger partial charge < -0.3 is 0 Å². The van der Waals surface area contributed by atoms with Crippen molar-refractivity contribution >= 4 is 7.71 Å². The molecule has 13 heavy (non-hydrogen) atoms. The Morgan fingerprint density at radius 2 is 1.08 bits per heavy atom. The summed E-state index contributed by atoms with van der Waals surface area (Å²) in [4.78, 5) is 0. The molecule has 0 aliphatic heterocycles. The van der Waals surface area contributed by atoms with E-state index in [9.17, 15) is 0 Å². The maximum absolute atomic E-state index is 4.12. The second-order valence-electron chi connectivity index (χ2n) is 3.85. The lowest BCUT2D eigenvalue weighted by atomic mass is 10.8. The summed E-state index contributed by atoms with van der Waals surface area (Å²) < 4.78 is 6.82. The lowest BCUT2D eigenvalue weighted by Crippen LogP contribution is -2.36. The van der Waals surface area contributed by atoms with Gasteiger partial charge in [-0.15, -0.1) is 0 Å². The highest BCUT2D eigenvalue weighted by Crippen LogP contribution is 2.68. The topological polar surface area (TPSA) is 9.72 Å². The quantitative estimate of drug-likeness (QED) is 0.648. The van der Waals surface area contributed by atoms with Gasteiger partial charge in [0.15, 0.2) is 0 Å². The van der Waals surface area contributed by atoms with E-state index in [2.05, 4.69) is 69.8 Å². The highest BCUT2D eigenvalue weighted by Gasteiger charge is 2.48. The zero-order chi connectivity index (χ0) is 10.8. The molecule has 0 aromatic rings. The SMILES string of the molecule is C=C(C)[P+](N(C)C)(N(C)C)N(C)C. The van der Waals surface area contributed by atoms with Crippen molar-refractivity contribution in [3.8, 4) is 0 Å². The third-order valence-corrected chi connectivity index (χ3v) is 6.56. The Kier molecular flexibility index (Phi) is 4.53. The molecule has 0 atom stereocenters. The molecule has 0 heterocycles. The highest BCUT2D eigenvalue weighted by atomic mass is 31.2. The minimum Gasteiger partial charge on any atom is -0.150 e. The molecule has 0 aliphatic carbocycles. The Morgan fingerprint density at radius 3 is 1.08 bits per heavy atom. The van der Waals surface area contributed by atoms with Crippen LogP contribution in [-0.2, 0) is 0 Å². The second kappa shape index (κ2) is 4.52. The van der Waals surface area contributed by atoms with Crippen molar-refractivity contribution in [1.29, 1.82) is 0 Å². The highest BCUT2D eigenvalue weighted by molar-refractivity contribution is 7.72. The summed E-state index contributed by atoms with van der Waals surface area (Å²) in [5.41, 5.74) is 0. The van der Waals surface area contributed by atoms with E-state index in [0.29, 0.717) is 0 Å². The molecule has 0 unspecified atom stereocenters. The van der Waals surface area contributed by atoms with E-state index in [4.69, 9.17) is 0 Å². The third kappa shape index (κ3) is 2.10. The Morgan fingerprint density at radius 1 is 0.846 bits per heavy atom. The van der Waals surface area contributed by atoms with Crippen LogP contribution in [0.5, 0.6) is 0 Å². The van der Waals surface area contributed by atoms with Gasteiger partial charge in [-0.3, -0.25) is 0 Å². The van der Waals surface area contributed by atoms with Crippen molar-refractivity contribution in [3.05, 3.63) is 11.9 Å². The summed E-state index contributed by atoms with van der Waals surface area (Å²) in [6.07, 6.45) is 0. The van der Waals surface area contributed by atoms with E-state index in [1.165, 1.54) is 5.31 Å². The molecular weight excluding hydrogens is 181 g/mol. The molecule has 4 heteroatoms. The summed E-state index contributed by atoms with van der Waals surface area (Å²) in [6, 6.07) is 0. The molecular formula is C9H23N3P+. The molecule has 78 valence electrons. The molecule has 3 nitrogen and oxygen atoms in total. The van der Waals surface area contributed by atoms with Crippen LogP contribution in [-0.4, -0.2) is 56.3 Å². The number of nitrogens with zero attached hydrogens (tertiary/aromatic N) is 3. The Bertz CT molecular complexity index is 166. The van der Waals surface area contributed by atoms with Crippen molar-refractivity contribution in [1.82, 2.24) is 14.0 Å². The van der Waals surface area contributed by atoms with Crippen LogP contribution < -0.4 is 0 Å². The first-order chi connectivity index (χ1) is 5.77. The van der Waals surface area contributed by atoms with Crippen molar-refractivity contribution < 1.29 is 0 Å². The Hall–Kier alpha value is 0.0500. The molecule has 0 fully saturated rings. The van der Waals surface area contributed by atoms with Gasteiger partial charge in [-0.2, -0.15) is 14.0 Å². The number of allylic oxidation sites excluding steroid dienone is 1. The molecule has 0 radical (unpaired) electrons. The summed E-state index contributed by atoms with van der Waals surface area (Å²) in [6.45, 7) is 6.22. The van der Waals surface area contributed by atoms with Gasteiger partial charge >= 0.3 is 0 Å². The first-order valence-corrected chi connectivity index (χ1v) is 6.01. The van der Waals surface area contributed by atoms with Crippen LogP contribution >= 0.6 is 7.71 Å². The molecule has 0 amide bonds. The Labute approximate surface area is 83.5 Å². The van der Waals surface area contributed by atoms with Gasteiger partial charge in [0.05, 0.1) is 0 Å². The van der Waals surface area contributed by atoms with Crippen molar-refractivity contribution in [3.63, 3.8) is 0 Å². The molecule has 0 aliphatic rings. The Balaban J connectivity index is 5.19. The van der Waals surface area contributed by atoms with Gasteiger partial charge in [-0.1, -0.05) is 6.58 Å². The maximum Gasteiger partial charge on any atom is 0.255 e. The molecule has 0 aromatic carbocycles. The van der Waals surface area contributed by atoms with Gasteiger partial charge in [-0.25, -0.2) is 0 Å². The largest absolute Gasteiger partial charge is 0.255 e. The van der Waals surface area contributed by atoms with Crippen LogP contribution in [0.15, 0.2) is 11.9 Å². The van der Waals surface area contributed by atoms with E-state index < -0.39 is 7.71 Å². The fourth-order valence-corrected chi connectivity index (χ4v) is 6.29. The van der Waals surface area contributed by atoms with E-state index >= 15 is 0 Å². The van der Waals surface area contributed by atoms with Crippen molar-refractivity contribution in [2.24, 2.45) is 0 Å². The zero-order valence-electron chi connectivity index (χ0n) is 10.00. The van der Waals surface area contributed by atoms with Gasteiger partial charge in [0.1, 0.15) is 5.31 Å². The second-order valence-corrected chi connectivity index (χ2v) is 8.15. The van der Waals surface area contributed by atoms with Gasteiger partial charge in [0.25, 0.3) is 7.71 Å². The third-order valence-electron chi connectivity index (χ3n) is 2.19. The van der Waals surface area contributed by atoms with Gasteiger partial charge in [-0.05, 0) is 6.92 Å². The van der Waals surface area contributed by atoms with E-state index in [1.54, 1.807) is 0 Å². The minimum atomic E-state index is -1.48. The summed E-state index contributed by atoms with van der Waals surface area (Å²) in [5.74, 6) is 0. The average molecular weight is 204 g/mol. The van der Waals surface area contributed by atoms with Gasteiger partial charge in [0, 0.05) is 42.3 Å². The standard InChI is InChI=1S/C9H23N3P/c1-9(2)13(10(3)4,11(5)6)12(7)8/h1H2,2-8H3/q+1. The molecule has 0 aromatic heterocycles. The predicted octanol–water partition coefficient (Wildman–Crippen LogP) is 1.97. The predicted molar refractivity (Wildman–Crippen MR) is 62.8 cm³/mol. The van der Waals surface area contributed by atoms with Crippen molar-refractivity contribution in [2.75, 3.05) is 42.3 Å². The number of rotatable bonds is 4. The molecule has 0 rings (SSSR count). The van der Waals surface area contributed by atoms with Gasteiger partial charge in [0.2, 0.25) is 0 Å². The van der Waals surface area contributed by atoms with Crippen LogP contribution in [0.3, 0.4) is 0 Å². The fraction of sp³-hybridized carbons (Fsp3) is 0.778. The lowest BCUT2D eigenvalue weighted by Gasteiger charge is -2.39. The van der Waals surface area contributed by atoms with Crippen LogP contribution in [0.25, 0.3) is 0 Å². The number of hydrogen-bond donors (Lipinski definition) is 0.